The normalized spacial score (nSPS) is 17.4. The van der Waals surface area contributed by atoms with Crippen LogP contribution in [0.4, 0.5) is 10.5 Å². The summed E-state index contributed by atoms with van der Waals surface area (Å²) in [6.45, 7) is 1.23. The van der Waals surface area contributed by atoms with Gasteiger partial charge >= 0.3 is 6.03 Å². The van der Waals surface area contributed by atoms with Gasteiger partial charge in [0.1, 0.15) is 5.75 Å². The van der Waals surface area contributed by atoms with Crippen LogP contribution in [0.1, 0.15) is 34.8 Å². The van der Waals surface area contributed by atoms with E-state index in [0.717, 1.165) is 29.8 Å². The third kappa shape index (κ3) is 3.74. The van der Waals surface area contributed by atoms with Gasteiger partial charge < -0.3 is 15.4 Å². The molecule has 2 fully saturated rings. The molecule has 1 aliphatic carbocycles. The van der Waals surface area contributed by atoms with E-state index in [1.54, 1.807) is 24.1 Å². The van der Waals surface area contributed by atoms with E-state index in [1.807, 2.05) is 36.4 Å². The highest BCUT2D eigenvalue weighted by atomic mass is 16.5. The number of nitrogens with one attached hydrogen (secondary N) is 2. The number of rotatable bonds is 6. The minimum absolute atomic E-state index is 0.0119. The van der Waals surface area contributed by atoms with E-state index in [4.69, 9.17) is 4.74 Å². The number of methoxy groups -OCH3 is 1. The molecule has 2 aromatic carbocycles. The maximum absolute atomic E-state index is 12.9. The Morgan fingerprint density at radius 2 is 2.00 bits per heavy atom. The molecule has 6 nitrogen and oxygen atoms in total. The first-order valence-corrected chi connectivity index (χ1v) is 9.26. The Kier molecular flexibility index (Phi) is 4.71. The predicted molar refractivity (Wildman–Crippen MR) is 103 cm³/mol. The maximum Gasteiger partial charge on any atom is 0.321 e. The monoisotopic (exact) mass is 365 g/mol. The Labute approximate surface area is 158 Å². The molecule has 1 saturated heterocycles. The second-order valence-electron chi connectivity index (χ2n) is 7.00. The van der Waals surface area contributed by atoms with Crippen molar-refractivity contribution in [3.63, 3.8) is 0 Å². The molecule has 0 radical (unpaired) electrons. The first-order chi connectivity index (χ1) is 13.2. The van der Waals surface area contributed by atoms with Crippen LogP contribution in [0.15, 0.2) is 48.5 Å². The number of hydrogen-bond donors (Lipinski definition) is 2. The number of anilines is 1. The first kappa shape index (κ1) is 17.4. The number of urea groups is 1. The topological polar surface area (TPSA) is 70.7 Å². The number of carbonyl (C=O) groups is 2. The lowest BCUT2D eigenvalue weighted by molar-refractivity contribution is 0.0931. The van der Waals surface area contributed by atoms with Gasteiger partial charge in [0.2, 0.25) is 0 Å². The summed E-state index contributed by atoms with van der Waals surface area (Å²) in [5, 5.41) is 5.96. The average molecular weight is 365 g/mol. The van der Waals surface area contributed by atoms with Crippen LogP contribution in [0.3, 0.4) is 0 Å². The number of carbonyl (C=O) groups excluding carboxylic acids is 2. The standard InChI is InChI=1S/C21H23N3O3/c1-27-18-9-7-15(8-10-18)19(14-5-6-14)23-20(25)16-3-2-4-17(13-16)24-12-11-22-21(24)26/h2-4,7-10,13-14,19H,5-6,11-12H2,1H3,(H,22,26)(H,23,25). The van der Waals surface area contributed by atoms with Gasteiger partial charge in [-0.2, -0.15) is 0 Å². The lowest BCUT2D eigenvalue weighted by atomic mass is 10.0. The Hall–Kier alpha value is -3.02. The van der Waals surface area contributed by atoms with Crippen molar-refractivity contribution in [3.8, 4) is 5.75 Å². The highest BCUT2D eigenvalue weighted by Crippen LogP contribution is 2.41. The summed E-state index contributed by atoms with van der Waals surface area (Å²) in [6.07, 6.45) is 2.23. The molecule has 1 unspecified atom stereocenters. The molecular formula is C21H23N3O3. The van der Waals surface area contributed by atoms with Crippen molar-refractivity contribution < 1.29 is 14.3 Å². The Morgan fingerprint density at radius 3 is 2.63 bits per heavy atom. The lowest BCUT2D eigenvalue weighted by Crippen LogP contribution is -2.31. The molecule has 2 N–H and O–H groups in total. The van der Waals surface area contributed by atoms with Gasteiger partial charge in [0.25, 0.3) is 5.91 Å². The number of nitrogens with zero attached hydrogens (tertiary/aromatic N) is 1. The zero-order chi connectivity index (χ0) is 18.8. The number of benzene rings is 2. The zero-order valence-electron chi connectivity index (χ0n) is 15.3. The molecule has 1 saturated carbocycles. The molecule has 1 atom stereocenters. The van der Waals surface area contributed by atoms with Crippen molar-refractivity contribution in [3.05, 3.63) is 59.7 Å². The zero-order valence-corrected chi connectivity index (χ0v) is 15.3. The second kappa shape index (κ2) is 7.31. The fraction of sp³-hybridized carbons (Fsp3) is 0.333. The summed E-state index contributed by atoms with van der Waals surface area (Å²) >= 11 is 0. The number of amides is 3. The number of ether oxygens (including phenoxy) is 1. The van der Waals surface area contributed by atoms with Crippen LogP contribution < -0.4 is 20.3 Å². The molecule has 1 aliphatic heterocycles. The van der Waals surface area contributed by atoms with Crippen molar-refractivity contribution >= 4 is 17.6 Å². The minimum Gasteiger partial charge on any atom is -0.497 e. The Morgan fingerprint density at radius 1 is 1.22 bits per heavy atom. The fourth-order valence-corrected chi connectivity index (χ4v) is 3.47. The van der Waals surface area contributed by atoms with Crippen molar-refractivity contribution in [1.82, 2.24) is 10.6 Å². The van der Waals surface area contributed by atoms with Crippen molar-refractivity contribution in [1.29, 1.82) is 0 Å². The van der Waals surface area contributed by atoms with Crippen molar-refractivity contribution in [2.24, 2.45) is 5.92 Å². The van der Waals surface area contributed by atoms with Gasteiger partial charge in [-0.25, -0.2) is 4.79 Å². The summed E-state index contributed by atoms with van der Waals surface area (Å²) in [6, 6.07) is 14.9. The highest BCUT2D eigenvalue weighted by molar-refractivity contribution is 5.98. The molecule has 2 aromatic rings. The molecule has 4 rings (SSSR count). The third-order valence-corrected chi connectivity index (χ3v) is 5.13. The predicted octanol–water partition coefficient (Wildman–Crippen LogP) is 3.11. The molecule has 27 heavy (non-hydrogen) atoms. The van der Waals surface area contributed by atoms with E-state index in [1.165, 1.54) is 0 Å². The summed E-state index contributed by atoms with van der Waals surface area (Å²) in [4.78, 5) is 26.4. The van der Waals surface area contributed by atoms with Gasteiger partial charge in [-0.05, 0) is 54.7 Å². The molecule has 6 heteroatoms. The summed E-state index contributed by atoms with van der Waals surface area (Å²) in [5.41, 5.74) is 2.39. The van der Waals surface area contributed by atoms with Crippen LogP contribution in [-0.4, -0.2) is 32.1 Å². The molecule has 140 valence electrons. The fourth-order valence-electron chi connectivity index (χ4n) is 3.47. The van der Waals surface area contributed by atoms with Crippen LogP contribution in [0, 0.1) is 5.92 Å². The Bertz CT molecular complexity index is 846. The Balaban J connectivity index is 1.52. The molecule has 0 spiro atoms. The smallest absolute Gasteiger partial charge is 0.321 e. The van der Waals surface area contributed by atoms with Crippen LogP contribution >= 0.6 is 0 Å². The van der Waals surface area contributed by atoms with E-state index in [-0.39, 0.29) is 18.0 Å². The summed E-state index contributed by atoms with van der Waals surface area (Å²) in [7, 11) is 1.64. The summed E-state index contributed by atoms with van der Waals surface area (Å²) < 4.78 is 5.22. The summed E-state index contributed by atoms with van der Waals surface area (Å²) in [5.74, 6) is 1.15. The van der Waals surface area contributed by atoms with Crippen LogP contribution in [0.2, 0.25) is 0 Å². The van der Waals surface area contributed by atoms with Crippen molar-refractivity contribution in [2.75, 3.05) is 25.1 Å². The highest BCUT2D eigenvalue weighted by Gasteiger charge is 2.33. The maximum atomic E-state index is 12.9. The van der Waals surface area contributed by atoms with Crippen LogP contribution in [-0.2, 0) is 0 Å². The van der Waals surface area contributed by atoms with Crippen LogP contribution in [0.5, 0.6) is 5.75 Å². The molecule has 0 aromatic heterocycles. The largest absolute Gasteiger partial charge is 0.497 e. The first-order valence-electron chi connectivity index (χ1n) is 9.26. The SMILES string of the molecule is COc1ccc(C(NC(=O)c2cccc(N3CCNC3=O)c2)C2CC2)cc1. The van der Waals surface area contributed by atoms with Crippen LogP contribution in [0.25, 0.3) is 0 Å². The van der Waals surface area contributed by atoms with E-state index in [2.05, 4.69) is 10.6 Å². The number of hydrogen-bond acceptors (Lipinski definition) is 3. The van der Waals surface area contributed by atoms with Gasteiger partial charge in [-0.15, -0.1) is 0 Å². The van der Waals surface area contributed by atoms with Gasteiger partial charge in [-0.1, -0.05) is 18.2 Å². The third-order valence-electron chi connectivity index (χ3n) is 5.13. The molecule has 1 heterocycles. The van der Waals surface area contributed by atoms with Crippen molar-refractivity contribution in [2.45, 2.75) is 18.9 Å². The van der Waals surface area contributed by atoms with E-state index < -0.39 is 0 Å². The van der Waals surface area contributed by atoms with Gasteiger partial charge in [0.15, 0.2) is 0 Å². The van der Waals surface area contributed by atoms with E-state index >= 15 is 0 Å². The van der Waals surface area contributed by atoms with E-state index in [9.17, 15) is 9.59 Å². The van der Waals surface area contributed by atoms with Gasteiger partial charge in [-0.3, -0.25) is 9.69 Å². The second-order valence-corrected chi connectivity index (χ2v) is 7.00. The average Bonchev–Trinajstić information content (AvgIpc) is 3.46. The molecule has 2 aliphatic rings. The minimum atomic E-state index is -0.123. The van der Waals surface area contributed by atoms with Gasteiger partial charge in [0.05, 0.1) is 13.2 Å². The van der Waals surface area contributed by atoms with E-state index in [0.29, 0.717) is 24.6 Å². The molecule has 3 amide bonds. The van der Waals surface area contributed by atoms with Gasteiger partial charge in [0, 0.05) is 24.3 Å². The molecular weight excluding hydrogens is 342 g/mol. The quantitative estimate of drug-likeness (QED) is 0.826. The lowest BCUT2D eigenvalue weighted by Gasteiger charge is -2.20. The molecule has 0 bridgehead atoms.